The predicted octanol–water partition coefficient (Wildman–Crippen LogP) is 1.83. The van der Waals surface area contributed by atoms with E-state index in [0.717, 1.165) is 32.1 Å². The smallest absolute Gasteiger partial charge is 0.323 e. The first kappa shape index (κ1) is 15.4. The largest absolute Gasteiger partial charge is 0.480 e. The average molecular weight is 266 g/mol. The highest BCUT2D eigenvalue weighted by Crippen LogP contribution is 2.23. The number of hydrogen-bond acceptors (Lipinski definition) is 2. The zero-order valence-corrected chi connectivity index (χ0v) is 11.4. The highest BCUT2D eigenvalue weighted by atomic mass is 16.4. The Morgan fingerprint density at radius 3 is 2.58 bits per heavy atom. The molecule has 1 rings (SSSR count). The van der Waals surface area contributed by atoms with Gasteiger partial charge in [-0.15, -0.1) is 6.42 Å². The number of aliphatic carboxylic acids is 1. The summed E-state index contributed by atoms with van der Waals surface area (Å²) >= 11 is 0. The Labute approximate surface area is 114 Å². The van der Waals surface area contributed by atoms with E-state index in [9.17, 15) is 9.59 Å². The first-order chi connectivity index (χ1) is 9.08. The first-order valence-corrected chi connectivity index (χ1v) is 6.83. The van der Waals surface area contributed by atoms with Gasteiger partial charge in [0.1, 0.15) is 6.54 Å². The molecule has 1 saturated carbocycles. The molecule has 0 saturated heterocycles. The summed E-state index contributed by atoms with van der Waals surface area (Å²) in [6, 6.07) is -0.656. The Morgan fingerprint density at radius 2 is 2.11 bits per heavy atom. The van der Waals surface area contributed by atoms with Crippen LogP contribution in [0.4, 0.5) is 4.79 Å². The van der Waals surface area contributed by atoms with E-state index in [2.05, 4.69) is 11.2 Å². The van der Waals surface area contributed by atoms with E-state index < -0.39 is 5.97 Å². The molecule has 0 aromatic rings. The Kier molecular flexibility index (Phi) is 6.20. The highest BCUT2D eigenvalue weighted by molar-refractivity contribution is 5.80. The maximum Gasteiger partial charge on any atom is 0.323 e. The maximum absolute atomic E-state index is 12.2. The number of hydrogen-bond donors (Lipinski definition) is 2. The normalized spacial score (nSPS) is 16.6. The summed E-state index contributed by atoms with van der Waals surface area (Å²) in [6.07, 6.45) is 10.8. The van der Waals surface area contributed by atoms with Crippen molar-refractivity contribution in [2.75, 3.05) is 6.54 Å². The second kappa shape index (κ2) is 7.67. The Balaban J connectivity index is 2.65. The van der Waals surface area contributed by atoms with E-state index in [4.69, 9.17) is 11.5 Å². The van der Waals surface area contributed by atoms with Crippen LogP contribution in [-0.4, -0.2) is 40.6 Å². The lowest BCUT2D eigenvalue weighted by Gasteiger charge is -2.28. The van der Waals surface area contributed by atoms with Crippen molar-refractivity contribution in [3.8, 4) is 12.3 Å². The number of carboxylic acids is 1. The molecule has 2 amide bonds. The van der Waals surface area contributed by atoms with E-state index in [1.165, 1.54) is 4.90 Å². The Bertz CT molecular complexity index is 356. The number of urea groups is 1. The molecule has 0 bridgehead atoms. The van der Waals surface area contributed by atoms with Crippen molar-refractivity contribution >= 4 is 12.0 Å². The standard InChI is InChI=1S/C14H22N2O3/c1-3-7-11(4-2)15-14(19)16(10-13(17)18)12-8-5-6-9-12/h2,11-12H,3,5-10H2,1H3,(H,15,19)(H,17,18). The molecule has 1 unspecified atom stereocenters. The zero-order valence-electron chi connectivity index (χ0n) is 11.4. The SMILES string of the molecule is C#CC(CCC)NC(=O)N(CC(=O)O)C1CCCC1. The number of carboxylic acid groups (broad SMARTS) is 1. The summed E-state index contributed by atoms with van der Waals surface area (Å²) in [5.74, 6) is 1.54. The number of terminal acetylenes is 1. The van der Waals surface area contributed by atoms with Crippen LogP contribution in [0, 0.1) is 12.3 Å². The van der Waals surface area contributed by atoms with Gasteiger partial charge in [0.25, 0.3) is 0 Å². The van der Waals surface area contributed by atoms with E-state index in [1.54, 1.807) is 0 Å². The molecule has 1 fully saturated rings. The van der Waals surface area contributed by atoms with E-state index in [-0.39, 0.29) is 24.7 Å². The quantitative estimate of drug-likeness (QED) is 0.721. The lowest BCUT2D eigenvalue weighted by molar-refractivity contribution is -0.138. The third-order valence-corrected chi connectivity index (χ3v) is 3.41. The van der Waals surface area contributed by atoms with Crippen LogP contribution in [0.3, 0.4) is 0 Å². The second-order valence-corrected chi connectivity index (χ2v) is 4.92. The minimum atomic E-state index is -0.991. The molecule has 1 aliphatic rings. The average Bonchev–Trinajstić information content (AvgIpc) is 2.88. The van der Waals surface area contributed by atoms with Crippen LogP contribution in [0.15, 0.2) is 0 Å². The summed E-state index contributed by atoms with van der Waals surface area (Å²) in [5.41, 5.74) is 0. The van der Waals surface area contributed by atoms with Crippen LogP contribution in [0.25, 0.3) is 0 Å². The molecular formula is C14H22N2O3. The minimum Gasteiger partial charge on any atom is -0.480 e. The van der Waals surface area contributed by atoms with Crippen molar-refractivity contribution in [2.24, 2.45) is 0 Å². The zero-order chi connectivity index (χ0) is 14.3. The van der Waals surface area contributed by atoms with Gasteiger partial charge in [0, 0.05) is 6.04 Å². The summed E-state index contributed by atoms with van der Waals surface area (Å²) < 4.78 is 0. The molecule has 0 aromatic heterocycles. The van der Waals surface area contributed by atoms with Crippen LogP contribution in [-0.2, 0) is 4.79 Å². The maximum atomic E-state index is 12.2. The van der Waals surface area contributed by atoms with Crippen LogP contribution >= 0.6 is 0 Å². The lowest BCUT2D eigenvalue weighted by atomic mass is 10.2. The molecule has 5 nitrogen and oxygen atoms in total. The van der Waals surface area contributed by atoms with Gasteiger partial charge in [0.15, 0.2) is 0 Å². The monoisotopic (exact) mass is 266 g/mol. The van der Waals surface area contributed by atoms with Gasteiger partial charge in [-0.05, 0) is 19.3 Å². The van der Waals surface area contributed by atoms with Crippen LogP contribution < -0.4 is 5.32 Å². The third kappa shape index (κ3) is 4.82. The number of carbonyl (C=O) groups is 2. The fourth-order valence-corrected chi connectivity index (χ4v) is 2.45. The summed E-state index contributed by atoms with van der Waals surface area (Å²) in [5, 5.41) is 11.7. The topological polar surface area (TPSA) is 69.6 Å². The van der Waals surface area contributed by atoms with Crippen molar-refractivity contribution in [3.05, 3.63) is 0 Å². The molecule has 1 aliphatic carbocycles. The van der Waals surface area contributed by atoms with Gasteiger partial charge >= 0.3 is 12.0 Å². The van der Waals surface area contributed by atoms with Crippen molar-refractivity contribution < 1.29 is 14.7 Å². The number of nitrogens with zero attached hydrogens (tertiary/aromatic N) is 1. The molecule has 19 heavy (non-hydrogen) atoms. The molecule has 106 valence electrons. The highest BCUT2D eigenvalue weighted by Gasteiger charge is 2.29. The van der Waals surface area contributed by atoms with Crippen molar-refractivity contribution in [1.82, 2.24) is 10.2 Å². The molecule has 2 N–H and O–H groups in total. The minimum absolute atomic E-state index is 0.0242. The molecule has 0 heterocycles. The van der Waals surface area contributed by atoms with E-state index >= 15 is 0 Å². The van der Waals surface area contributed by atoms with Gasteiger partial charge in [-0.25, -0.2) is 4.79 Å². The molecule has 1 atom stereocenters. The molecule has 0 radical (unpaired) electrons. The number of rotatable bonds is 6. The summed E-state index contributed by atoms with van der Waals surface area (Å²) in [4.78, 5) is 24.5. The fourth-order valence-electron chi connectivity index (χ4n) is 2.45. The molecule has 0 aromatic carbocycles. The van der Waals surface area contributed by atoms with Crippen molar-refractivity contribution in [2.45, 2.75) is 57.5 Å². The van der Waals surface area contributed by atoms with Crippen molar-refractivity contribution in [3.63, 3.8) is 0 Å². The van der Waals surface area contributed by atoms with Crippen LogP contribution in [0.5, 0.6) is 0 Å². The summed E-state index contributed by atoms with van der Waals surface area (Å²) in [7, 11) is 0. The Hall–Kier alpha value is -1.70. The fraction of sp³-hybridized carbons (Fsp3) is 0.714. The van der Waals surface area contributed by atoms with Gasteiger partial charge in [-0.3, -0.25) is 4.79 Å². The Morgan fingerprint density at radius 1 is 1.47 bits per heavy atom. The second-order valence-electron chi connectivity index (χ2n) is 4.92. The lowest BCUT2D eigenvalue weighted by Crippen LogP contribution is -2.50. The number of amides is 2. The first-order valence-electron chi connectivity index (χ1n) is 6.83. The van der Waals surface area contributed by atoms with E-state index in [1.807, 2.05) is 6.92 Å². The van der Waals surface area contributed by atoms with Gasteiger partial charge in [-0.1, -0.05) is 32.1 Å². The van der Waals surface area contributed by atoms with Gasteiger partial charge < -0.3 is 15.3 Å². The van der Waals surface area contributed by atoms with Gasteiger partial charge in [0.2, 0.25) is 0 Å². The van der Waals surface area contributed by atoms with Crippen LogP contribution in [0.1, 0.15) is 45.4 Å². The molecule has 0 spiro atoms. The third-order valence-electron chi connectivity index (χ3n) is 3.41. The number of nitrogens with one attached hydrogen (secondary N) is 1. The van der Waals surface area contributed by atoms with Gasteiger partial charge in [-0.2, -0.15) is 0 Å². The predicted molar refractivity (Wildman–Crippen MR) is 72.7 cm³/mol. The number of carbonyl (C=O) groups excluding carboxylic acids is 1. The molecular weight excluding hydrogens is 244 g/mol. The molecule has 5 heteroatoms. The summed E-state index contributed by atoms with van der Waals surface area (Å²) in [6.45, 7) is 1.72. The van der Waals surface area contributed by atoms with E-state index in [0.29, 0.717) is 6.42 Å². The van der Waals surface area contributed by atoms with Crippen LogP contribution in [0.2, 0.25) is 0 Å². The molecule has 0 aliphatic heterocycles. The van der Waals surface area contributed by atoms with Gasteiger partial charge in [0.05, 0.1) is 6.04 Å². The van der Waals surface area contributed by atoms with Crippen molar-refractivity contribution in [1.29, 1.82) is 0 Å².